The van der Waals surface area contributed by atoms with Gasteiger partial charge in [0.25, 0.3) is 0 Å². The van der Waals surface area contributed by atoms with Gasteiger partial charge in [0.2, 0.25) is 0 Å². The molecule has 1 heterocycles. The maximum atomic E-state index is 12.5. The molecule has 0 amide bonds. The van der Waals surface area contributed by atoms with Crippen molar-refractivity contribution in [2.24, 2.45) is 0 Å². The van der Waals surface area contributed by atoms with Crippen molar-refractivity contribution in [1.82, 2.24) is 4.98 Å². The number of aromatic nitrogens is 1. The van der Waals surface area contributed by atoms with Gasteiger partial charge in [0.05, 0.1) is 25.3 Å². The Morgan fingerprint density at radius 2 is 1.71 bits per heavy atom. The zero-order chi connectivity index (χ0) is 17.9. The molecule has 1 aromatic carbocycles. The number of nitrogens with zero attached hydrogens (tertiary/aromatic N) is 1. The number of phenolic OH excluding ortho intramolecular Hbond substituents is 1. The highest BCUT2D eigenvalue weighted by molar-refractivity contribution is 9.10. The number of hydrogen-bond acceptors (Lipinski definition) is 7. The summed E-state index contributed by atoms with van der Waals surface area (Å²) in [5, 5.41) is 9.84. The number of halogens is 1. The van der Waals surface area contributed by atoms with Crippen molar-refractivity contribution >= 4 is 33.7 Å². The summed E-state index contributed by atoms with van der Waals surface area (Å²) < 4.78 is 9.74. The minimum absolute atomic E-state index is 0.0106. The maximum Gasteiger partial charge on any atom is 0.357 e. The largest absolute Gasteiger partial charge is 0.507 e. The molecule has 0 radical (unpaired) electrons. The number of ketones is 1. The number of esters is 2. The Balaban J connectivity index is 2.55. The van der Waals surface area contributed by atoms with Crippen LogP contribution in [-0.4, -0.2) is 42.0 Å². The fraction of sp³-hybridized carbons (Fsp3) is 0.125. The lowest BCUT2D eigenvalue weighted by Crippen LogP contribution is -2.16. The lowest BCUT2D eigenvalue weighted by molar-refractivity contribution is 0.0549. The van der Waals surface area contributed by atoms with E-state index in [9.17, 15) is 19.5 Å². The highest BCUT2D eigenvalue weighted by atomic mass is 79.9. The molecule has 0 unspecified atom stereocenters. The predicted molar refractivity (Wildman–Crippen MR) is 86.2 cm³/mol. The first kappa shape index (κ1) is 17.6. The summed E-state index contributed by atoms with van der Waals surface area (Å²) in [4.78, 5) is 39.9. The lowest BCUT2D eigenvalue weighted by Gasteiger charge is -2.09. The Morgan fingerprint density at radius 1 is 1.04 bits per heavy atom. The number of ether oxygens (including phenoxy) is 2. The van der Waals surface area contributed by atoms with E-state index in [1.54, 1.807) is 6.07 Å². The molecular formula is C16H12BrNO6. The molecule has 0 aliphatic carbocycles. The Hall–Kier alpha value is -2.74. The van der Waals surface area contributed by atoms with Crippen molar-refractivity contribution in [3.05, 3.63) is 57.3 Å². The fourth-order valence-corrected chi connectivity index (χ4v) is 2.32. The molecule has 0 aliphatic rings. The fourth-order valence-electron chi connectivity index (χ4n) is 1.96. The van der Waals surface area contributed by atoms with Crippen LogP contribution < -0.4 is 0 Å². The number of benzene rings is 1. The van der Waals surface area contributed by atoms with Gasteiger partial charge in [0, 0.05) is 16.2 Å². The summed E-state index contributed by atoms with van der Waals surface area (Å²) >= 11 is 3.21. The van der Waals surface area contributed by atoms with E-state index < -0.39 is 17.7 Å². The highest BCUT2D eigenvalue weighted by Gasteiger charge is 2.23. The van der Waals surface area contributed by atoms with Crippen molar-refractivity contribution in [2.75, 3.05) is 14.2 Å². The van der Waals surface area contributed by atoms with E-state index in [2.05, 4.69) is 30.4 Å². The van der Waals surface area contributed by atoms with E-state index in [1.807, 2.05) is 0 Å². The normalized spacial score (nSPS) is 10.1. The van der Waals surface area contributed by atoms with E-state index in [1.165, 1.54) is 18.2 Å². The Labute approximate surface area is 145 Å². The van der Waals surface area contributed by atoms with Gasteiger partial charge < -0.3 is 14.6 Å². The van der Waals surface area contributed by atoms with Crippen LogP contribution in [0.2, 0.25) is 0 Å². The second kappa shape index (κ2) is 7.22. The summed E-state index contributed by atoms with van der Waals surface area (Å²) in [6, 6.07) is 5.54. The first-order chi connectivity index (χ1) is 11.4. The molecule has 0 saturated carbocycles. The second-order valence-corrected chi connectivity index (χ2v) is 5.51. The van der Waals surface area contributed by atoms with Gasteiger partial charge in [0.15, 0.2) is 11.5 Å². The third-order valence-electron chi connectivity index (χ3n) is 3.14. The standard InChI is InChI=1S/C16H12BrNO6/c1-23-15(21)11-5-8(7-18-13(11)16(22)24-2)14(20)10-6-9(17)3-4-12(10)19/h3-7,19H,1-2H3. The molecule has 1 N–H and O–H groups in total. The molecule has 124 valence electrons. The van der Waals surface area contributed by atoms with Crippen LogP contribution in [0, 0.1) is 0 Å². The molecule has 0 fully saturated rings. The van der Waals surface area contributed by atoms with Crippen LogP contribution in [0.4, 0.5) is 0 Å². The van der Waals surface area contributed by atoms with Crippen LogP contribution in [0.1, 0.15) is 36.8 Å². The number of carbonyl (C=O) groups is 3. The number of phenols is 1. The highest BCUT2D eigenvalue weighted by Crippen LogP contribution is 2.25. The van der Waals surface area contributed by atoms with Crippen molar-refractivity contribution in [3.63, 3.8) is 0 Å². The minimum atomic E-state index is -0.837. The molecule has 0 aliphatic heterocycles. The van der Waals surface area contributed by atoms with Gasteiger partial charge >= 0.3 is 11.9 Å². The van der Waals surface area contributed by atoms with Crippen molar-refractivity contribution in [1.29, 1.82) is 0 Å². The van der Waals surface area contributed by atoms with E-state index in [-0.39, 0.29) is 28.1 Å². The van der Waals surface area contributed by atoms with Crippen LogP contribution in [0.15, 0.2) is 34.9 Å². The summed E-state index contributed by atoms with van der Waals surface area (Å²) in [6.45, 7) is 0. The van der Waals surface area contributed by atoms with Crippen LogP contribution in [-0.2, 0) is 9.47 Å². The van der Waals surface area contributed by atoms with E-state index in [0.29, 0.717) is 4.47 Å². The summed E-state index contributed by atoms with van der Waals surface area (Å²) in [5.41, 5.74) is -0.437. The second-order valence-electron chi connectivity index (χ2n) is 4.59. The number of pyridine rings is 1. The SMILES string of the molecule is COC(=O)c1cc(C(=O)c2cc(Br)ccc2O)cnc1C(=O)OC. The van der Waals surface area contributed by atoms with E-state index in [4.69, 9.17) is 0 Å². The molecule has 0 spiro atoms. The molecule has 7 nitrogen and oxygen atoms in total. The smallest absolute Gasteiger partial charge is 0.357 e. The molecule has 8 heteroatoms. The van der Waals surface area contributed by atoms with Gasteiger partial charge in [0.1, 0.15) is 5.75 Å². The zero-order valence-electron chi connectivity index (χ0n) is 12.7. The Bertz CT molecular complexity index is 833. The predicted octanol–water partition coefficient (Wildman–Crippen LogP) is 2.35. The first-order valence-corrected chi connectivity index (χ1v) is 7.38. The molecule has 2 aromatic rings. The Kier molecular flexibility index (Phi) is 5.30. The summed E-state index contributed by atoms with van der Waals surface area (Å²) in [7, 11) is 2.28. The van der Waals surface area contributed by atoms with Gasteiger partial charge in [-0.2, -0.15) is 0 Å². The lowest BCUT2D eigenvalue weighted by atomic mass is 10.0. The Morgan fingerprint density at radius 3 is 2.33 bits per heavy atom. The number of methoxy groups -OCH3 is 2. The molecular weight excluding hydrogens is 382 g/mol. The number of rotatable bonds is 4. The first-order valence-electron chi connectivity index (χ1n) is 6.59. The monoisotopic (exact) mass is 393 g/mol. The van der Waals surface area contributed by atoms with E-state index in [0.717, 1.165) is 20.4 Å². The number of carbonyl (C=O) groups excluding carboxylic acids is 3. The van der Waals surface area contributed by atoms with Gasteiger partial charge in [-0.1, -0.05) is 15.9 Å². The van der Waals surface area contributed by atoms with Crippen molar-refractivity contribution < 1.29 is 29.0 Å². The average Bonchev–Trinajstić information content (AvgIpc) is 2.61. The summed E-state index contributed by atoms with van der Waals surface area (Å²) in [5.74, 6) is -2.46. The third kappa shape index (κ3) is 3.43. The minimum Gasteiger partial charge on any atom is -0.507 e. The molecule has 2 rings (SSSR count). The number of hydrogen-bond donors (Lipinski definition) is 1. The van der Waals surface area contributed by atoms with Gasteiger partial charge in [-0.15, -0.1) is 0 Å². The third-order valence-corrected chi connectivity index (χ3v) is 3.63. The zero-order valence-corrected chi connectivity index (χ0v) is 14.3. The number of aromatic hydroxyl groups is 1. The molecule has 1 aromatic heterocycles. The summed E-state index contributed by atoms with van der Waals surface area (Å²) in [6.07, 6.45) is 1.13. The molecule has 0 atom stereocenters. The van der Waals surface area contributed by atoms with E-state index >= 15 is 0 Å². The average molecular weight is 394 g/mol. The van der Waals surface area contributed by atoms with Crippen LogP contribution >= 0.6 is 15.9 Å². The van der Waals surface area contributed by atoms with Crippen LogP contribution in [0.3, 0.4) is 0 Å². The van der Waals surface area contributed by atoms with Crippen molar-refractivity contribution in [2.45, 2.75) is 0 Å². The molecule has 0 bridgehead atoms. The molecule has 0 saturated heterocycles. The van der Waals surface area contributed by atoms with Gasteiger partial charge in [-0.25, -0.2) is 14.6 Å². The van der Waals surface area contributed by atoms with Crippen LogP contribution in [0.25, 0.3) is 0 Å². The topological polar surface area (TPSA) is 103 Å². The molecule has 24 heavy (non-hydrogen) atoms. The van der Waals surface area contributed by atoms with Gasteiger partial charge in [-0.3, -0.25) is 4.79 Å². The van der Waals surface area contributed by atoms with Crippen molar-refractivity contribution in [3.8, 4) is 5.75 Å². The van der Waals surface area contributed by atoms with Crippen LogP contribution in [0.5, 0.6) is 5.75 Å². The van der Waals surface area contributed by atoms with Gasteiger partial charge in [-0.05, 0) is 24.3 Å². The maximum absolute atomic E-state index is 12.5. The quantitative estimate of drug-likeness (QED) is 0.627.